The van der Waals surface area contributed by atoms with E-state index in [0.717, 1.165) is 4.68 Å². The molecule has 4 N–H and O–H groups in total. The molecule has 0 atom stereocenters. The molecule has 11 heteroatoms. The number of fused-ring (bicyclic) bond motifs is 1. The van der Waals surface area contributed by atoms with Crippen molar-refractivity contribution in [3.8, 4) is 5.69 Å². The van der Waals surface area contributed by atoms with Gasteiger partial charge in [0.15, 0.2) is 0 Å². The second-order valence-corrected chi connectivity index (χ2v) is 6.98. The molecule has 0 radical (unpaired) electrons. The van der Waals surface area contributed by atoms with Crippen LogP contribution in [0.2, 0.25) is 10.0 Å². The number of nitrogen functional groups attached to an aromatic ring is 1. The van der Waals surface area contributed by atoms with Gasteiger partial charge in [0.2, 0.25) is 5.82 Å². The van der Waals surface area contributed by atoms with E-state index in [0.29, 0.717) is 22.0 Å². The molecule has 0 saturated carbocycles. The van der Waals surface area contributed by atoms with Gasteiger partial charge in [0.25, 0.3) is 11.1 Å². The summed E-state index contributed by atoms with van der Waals surface area (Å²) >= 11 is 12.8. The molecule has 0 aliphatic rings. The van der Waals surface area contributed by atoms with Crippen molar-refractivity contribution in [3.63, 3.8) is 0 Å². The molecule has 0 saturated heterocycles. The zero-order chi connectivity index (χ0) is 20.7. The van der Waals surface area contributed by atoms with Crippen LogP contribution in [0, 0.1) is 0 Å². The first-order valence-electron chi connectivity index (χ1n) is 8.29. The largest absolute Gasteiger partial charge is 0.378 e. The highest BCUT2D eigenvalue weighted by Crippen LogP contribution is 2.30. The number of nitrogens with two attached hydrogens (primary N) is 1. The Kier molecular flexibility index (Phi) is 4.69. The van der Waals surface area contributed by atoms with E-state index in [4.69, 9.17) is 28.9 Å². The Hall–Kier alpha value is -3.43. The first-order valence-corrected chi connectivity index (χ1v) is 9.04. The summed E-state index contributed by atoms with van der Waals surface area (Å²) in [5, 5.41) is 12.0. The molecule has 0 aliphatic carbocycles. The van der Waals surface area contributed by atoms with Gasteiger partial charge in [-0.05, 0) is 23.8 Å². The third-order valence-corrected chi connectivity index (χ3v) is 5.02. The zero-order valence-corrected chi connectivity index (χ0v) is 16.1. The minimum atomic E-state index is -0.781. The Labute approximate surface area is 171 Å². The van der Waals surface area contributed by atoms with Crippen LogP contribution < -0.4 is 22.5 Å². The van der Waals surface area contributed by atoms with E-state index < -0.39 is 11.2 Å². The summed E-state index contributed by atoms with van der Waals surface area (Å²) in [4.78, 5) is 37.4. The lowest BCUT2D eigenvalue weighted by molar-refractivity contribution is 0.758. The molecule has 29 heavy (non-hydrogen) atoms. The van der Waals surface area contributed by atoms with E-state index in [1.807, 2.05) is 0 Å². The number of aromatic amines is 2. The molecule has 4 rings (SSSR count). The van der Waals surface area contributed by atoms with Gasteiger partial charge in [0.1, 0.15) is 0 Å². The predicted molar refractivity (Wildman–Crippen MR) is 110 cm³/mol. The van der Waals surface area contributed by atoms with E-state index in [9.17, 15) is 14.4 Å². The molecule has 146 valence electrons. The van der Waals surface area contributed by atoms with Crippen molar-refractivity contribution >= 4 is 39.8 Å². The van der Waals surface area contributed by atoms with Gasteiger partial charge in [0, 0.05) is 21.9 Å². The minimum Gasteiger partial charge on any atom is -0.378 e. The Morgan fingerprint density at radius 1 is 1.00 bits per heavy atom. The molecule has 0 aliphatic heterocycles. The Morgan fingerprint density at radius 2 is 1.66 bits per heavy atom. The number of hydrogen-bond acceptors (Lipinski definition) is 6. The highest BCUT2D eigenvalue weighted by atomic mass is 35.5. The predicted octanol–water partition coefficient (Wildman–Crippen LogP) is 1.64. The molecule has 0 fully saturated rings. The van der Waals surface area contributed by atoms with E-state index in [1.54, 1.807) is 24.3 Å². The SMILES string of the molecule is Nc1nn(-c2cc(Cl)c(Cc3n[nH]c(=O)c4ccccc34)c(Cl)c2)c(=O)[nH]c1=O. The maximum atomic E-state index is 12.0. The monoisotopic (exact) mass is 430 g/mol. The van der Waals surface area contributed by atoms with Gasteiger partial charge in [-0.1, -0.05) is 41.4 Å². The van der Waals surface area contributed by atoms with Gasteiger partial charge in [-0.15, -0.1) is 5.10 Å². The van der Waals surface area contributed by atoms with Crippen molar-refractivity contribution in [1.82, 2.24) is 25.0 Å². The number of H-pyrrole nitrogens is 2. The molecule has 0 unspecified atom stereocenters. The molecule has 2 aromatic carbocycles. The first kappa shape index (κ1) is 18.9. The van der Waals surface area contributed by atoms with Gasteiger partial charge >= 0.3 is 5.69 Å². The number of nitrogens with zero attached hydrogens (tertiary/aromatic N) is 3. The van der Waals surface area contributed by atoms with Gasteiger partial charge in [0.05, 0.1) is 16.8 Å². The highest BCUT2D eigenvalue weighted by Gasteiger charge is 2.15. The average molecular weight is 431 g/mol. The summed E-state index contributed by atoms with van der Waals surface area (Å²) in [6.45, 7) is 0. The molecular formula is C18H12Cl2N6O3. The van der Waals surface area contributed by atoms with Crippen LogP contribution in [0.5, 0.6) is 0 Å². The molecule has 2 aromatic heterocycles. The number of hydrogen-bond donors (Lipinski definition) is 3. The van der Waals surface area contributed by atoms with Crippen molar-refractivity contribution in [3.05, 3.63) is 88.9 Å². The fourth-order valence-electron chi connectivity index (χ4n) is 2.94. The maximum absolute atomic E-state index is 12.0. The van der Waals surface area contributed by atoms with Crippen LogP contribution in [0.3, 0.4) is 0 Å². The Balaban J connectivity index is 1.81. The quantitative estimate of drug-likeness (QED) is 0.451. The fraction of sp³-hybridized carbons (Fsp3) is 0.0556. The lowest BCUT2D eigenvalue weighted by Gasteiger charge is -2.12. The van der Waals surface area contributed by atoms with Crippen molar-refractivity contribution in [2.75, 3.05) is 5.73 Å². The second-order valence-electron chi connectivity index (χ2n) is 6.17. The zero-order valence-electron chi connectivity index (χ0n) is 14.6. The van der Waals surface area contributed by atoms with E-state index in [1.165, 1.54) is 12.1 Å². The summed E-state index contributed by atoms with van der Waals surface area (Å²) in [5.74, 6) is -0.371. The van der Waals surface area contributed by atoms with Crippen LogP contribution in [0.1, 0.15) is 11.3 Å². The van der Waals surface area contributed by atoms with Crippen molar-refractivity contribution < 1.29 is 0 Å². The maximum Gasteiger partial charge on any atom is 0.349 e. The van der Waals surface area contributed by atoms with Crippen LogP contribution in [0.4, 0.5) is 5.82 Å². The number of aromatic nitrogens is 5. The molecule has 0 spiro atoms. The van der Waals surface area contributed by atoms with Gasteiger partial charge < -0.3 is 5.73 Å². The van der Waals surface area contributed by atoms with Crippen LogP contribution in [-0.2, 0) is 6.42 Å². The van der Waals surface area contributed by atoms with Gasteiger partial charge in [-0.2, -0.15) is 9.78 Å². The normalized spacial score (nSPS) is 11.1. The number of anilines is 1. The third kappa shape index (κ3) is 3.41. The molecule has 0 amide bonds. The molecule has 2 heterocycles. The second kappa shape index (κ2) is 7.19. The summed E-state index contributed by atoms with van der Waals surface area (Å²) in [7, 11) is 0. The van der Waals surface area contributed by atoms with E-state index in [-0.39, 0.29) is 33.5 Å². The number of rotatable bonds is 3. The molecule has 9 nitrogen and oxygen atoms in total. The van der Waals surface area contributed by atoms with Crippen LogP contribution in [0.15, 0.2) is 50.8 Å². The fourth-order valence-corrected chi connectivity index (χ4v) is 3.55. The summed E-state index contributed by atoms with van der Waals surface area (Å²) < 4.78 is 0.895. The van der Waals surface area contributed by atoms with Crippen LogP contribution in [-0.4, -0.2) is 25.0 Å². The lowest BCUT2D eigenvalue weighted by atomic mass is 10.0. The molecule has 4 aromatic rings. The van der Waals surface area contributed by atoms with Crippen LogP contribution in [0.25, 0.3) is 16.5 Å². The number of nitrogens with one attached hydrogen (secondary N) is 2. The molecular weight excluding hydrogens is 419 g/mol. The Morgan fingerprint density at radius 3 is 2.34 bits per heavy atom. The van der Waals surface area contributed by atoms with Gasteiger partial charge in [-0.25, -0.2) is 9.89 Å². The smallest absolute Gasteiger partial charge is 0.349 e. The van der Waals surface area contributed by atoms with E-state index >= 15 is 0 Å². The first-order chi connectivity index (χ1) is 13.8. The van der Waals surface area contributed by atoms with Crippen LogP contribution >= 0.6 is 23.2 Å². The average Bonchev–Trinajstić information content (AvgIpc) is 2.69. The summed E-state index contributed by atoms with van der Waals surface area (Å²) in [6, 6.07) is 10.0. The Bertz CT molecular complexity index is 1420. The molecule has 0 bridgehead atoms. The summed E-state index contributed by atoms with van der Waals surface area (Å²) in [6.07, 6.45) is 0.241. The highest BCUT2D eigenvalue weighted by molar-refractivity contribution is 6.36. The standard InChI is InChI=1S/C18H12Cl2N6O3/c19-12-5-8(26-18(29)22-17(28)15(21)25-26)6-13(20)11(12)7-14-9-3-1-2-4-10(9)16(27)24-23-14/h1-6H,7H2,(H2,21,25)(H,24,27)(H,22,28,29). The number of benzene rings is 2. The summed E-state index contributed by atoms with van der Waals surface area (Å²) in [5.41, 5.74) is 4.99. The van der Waals surface area contributed by atoms with Gasteiger partial charge in [-0.3, -0.25) is 14.6 Å². The van der Waals surface area contributed by atoms with Crippen molar-refractivity contribution in [1.29, 1.82) is 0 Å². The van der Waals surface area contributed by atoms with Crippen molar-refractivity contribution in [2.45, 2.75) is 6.42 Å². The third-order valence-electron chi connectivity index (χ3n) is 4.34. The van der Waals surface area contributed by atoms with E-state index in [2.05, 4.69) is 20.3 Å². The lowest BCUT2D eigenvalue weighted by Crippen LogP contribution is -2.33. The van der Waals surface area contributed by atoms with Crippen molar-refractivity contribution in [2.24, 2.45) is 0 Å². The number of halogens is 2. The topological polar surface area (TPSA) is 140 Å². The minimum absolute atomic E-state index is 0.232.